The lowest BCUT2D eigenvalue weighted by molar-refractivity contribution is -0.0840. The molecule has 0 aliphatic heterocycles. The number of nitrogens with one attached hydrogen (secondary N) is 1. The lowest BCUT2D eigenvalue weighted by Gasteiger charge is -2.42. The van der Waals surface area contributed by atoms with Crippen molar-refractivity contribution in [2.24, 2.45) is 11.8 Å². The number of alkyl halides is 4. The second-order valence-electron chi connectivity index (χ2n) is 8.49. The zero-order chi connectivity index (χ0) is 20.8. The Morgan fingerprint density at radius 3 is 2.41 bits per heavy atom. The van der Waals surface area contributed by atoms with Crippen molar-refractivity contribution in [1.29, 1.82) is 5.26 Å². The van der Waals surface area contributed by atoms with Crippen LogP contribution in [-0.4, -0.2) is 16.8 Å². The third-order valence-corrected chi connectivity index (χ3v) is 6.64. The molecule has 0 radical (unpaired) electrons. The van der Waals surface area contributed by atoms with Gasteiger partial charge in [0.05, 0.1) is 22.5 Å². The molecule has 29 heavy (non-hydrogen) atoms. The van der Waals surface area contributed by atoms with Crippen molar-refractivity contribution >= 4 is 10.9 Å². The summed E-state index contributed by atoms with van der Waals surface area (Å²) >= 11 is 0. The van der Waals surface area contributed by atoms with Gasteiger partial charge in [0.15, 0.2) is 5.43 Å². The first-order chi connectivity index (χ1) is 13.7. The molecule has 3 nitrogen and oxygen atoms in total. The zero-order valence-corrected chi connectivity index (χ0v) is 15.9. The number of aromatic nitrogens is 1. The number of hydrogen-bond acceptors (Lipinski definition) is 2. The first-order valence-corrected chi connectivity index (χ1v) is 10.0. The van der Waals surface area contributed by atoms with E-state index in [1.54, 1.807) is 12.1 Å². The Bertz CT molecular complexity index is 1010. The Morgan fingerprint density at radius 2 is 1.72 bits per heavy atom. The van der Waals surface area contributed by atoms with Gasteiger partial charge < -0.3 is 4.98 Å². The minimum atomic E-state index is -2.85. The van der Waals surface area contributed by atoms with E-state index in [0.29, 0.717) is 24.1 Å². The van der Waals surface area contributed by atoms with E-state index in [9.17, 15) is 27.6 Å². The molecule has 0 saturated heterocycles. The molecule has 1 heterocycles. The number of hydrogen-bond donors (Lipinski definition) is 1. The summed E-state index contributed by atoms with van der Waals surface area (Å²) in [6.45, 7) is 0. The van der Waals surface area contributed by atoms with Gasteiger partial charge in [-0.3, -0.25) is 4.79 Å². The number of rotatable bonds is 2. The number of pyridine rings is 1. The molecule has 0 bridgehead atoms. The highest BCUT2D eigenvalue weighted by Gasteiger charge is 2.47. The number of nitriles is 1. The highest BCUT2D eigenvalue weighted by atomic mass is 19.3. The van der Waals surface area contributed by atoms with Crippen LogP contribution in [0.3, 0.4) is 0 Å². The summed E-state index contributed by atoms with van der Waals surface area (Å²) in [5.41, 5.74) is 0.706. The number of halogens is 4. The molecule has 0 amide bonds. The lowest BCUT2D eigenvalue weighted by atomic mass is 9.65. The molecule has 1 aromatic heterocycles. The van der Waals surface area contributed by atoms with Gasteiger partial charge in [0.1, 0.15) is 0 Å². The van der Waals surface area contributed by atoms with Crippen LogP contribution in [0.4, 0.5) is 17.6 Å². The molecule has 2 saturated carbocycles. The largest absolute Gasteiger partial charge is 0.358 e. The van der Waals surface area contributed by atoms with E-state index in [1.807, 2.05) is 6.07 Å². The Kier molecular flexibility index (Phi) is 4.92. The second kappa shape index (κ2) is 7.16. The Labute approximate surface area is 165 Å². The highest BCUT2D eigenvalue weighted by Crippen LogP contribution is 2.51. The fraction of sp³-hybridized carbons (Fsp3) is 0.545. The molecule has 1 aromatic carbocycles. The topological polar surface area (TPSA) is 56.6 Å². The minimum absolute atomic E-state index is 0.0552. The Hall–Kier alpha value is -2.36. The predicted octanol–water partition coefficient (Wildman–Crippen LogP) is 5.74. The van der Waals surface area contributed by atoms with Crippen molar-refractivity contribution in [1.82, 2.24) is 4.98 Å². The fourth-order valence-corrected chi connectivity index (χ4v) is 5.17. The van der Waals surface area contributed by atoms with E-state index in [0.717, 1.165) is 0 Å². The van der Waals surface area contributed by atoms with Crippen molar-refractivity contribution in [3.05, 3.63) is 45.7 Å². The van der Waals surface area contributed by atoms with E-state index < -0.39 is 24.2 Å². The van der Waals surface area contributed by atoms with Gasteiger partial charge in [-0.05, 0) is 43.2 Å². The van der Waals surface area contributed by atoms with Crippen LogP contribution in [0, 0.1) is 23.2 Å². The molecule has 2 aliphatic rings. The molecule has 2 aromatic rings. The number of aromatic amines is 1. The van der Waals surface area contributed by atoms with E-state index in [1.165, 1.54) is 12.1 Å². The summed E-state index contributed by atoms with van der Waals surface area (Å²) in [5, 5.41) is 9.48. The molecule has 2 unspecified atom stereocenters. The summed E-state index contributed by atoms with van der Waals surface area (Å²) in [7, 11) is 0. The maximum Gasteiger partial charge on any atom is 0.248 e. The summed E-state index contributed by atoms with van der Waals surface area (Å²) < 4.78 is 55.8. The standard InChI is InChI=1S/C22H22F4N2O/c23-21(24)7-4-13(5-8-21)15-6-9-22(25,26)11-16(15)18-10-19(29)20-14(12-27)2-1-3-17(20)28-18/h1-3,10,13,15-16H,4-9,11H2,(H,28,29). The molecular weight excluding hydrogens is 384 g/mol. The quantitative estimate of drug-likeness (QED) is 0.646. The van der Waals surface area contributed by atoms with Crippen molar-refractivity contribution in [3.8, 4) is 6.07 Å². The molecule has 1 N–H and O–H groups in total. The first-order valence-electron chi connectivity index (χ1n) is 10.0. The van der Waals surface area contributed by atoms with Crippen molar-refractivity contribution in [3.63, 3.8) is 0 Å². The van der Waals surface area contributed by atoms with Gasteiger partial charge in [-0.2, -0.15) is 5.26 Å². The van der Waals surface area contributed by atoms with Gasteiger partial charge in [0.2, 0.25) is 11.8 Å². The summed E-state index contributed by atoms with van der Waals surface area (Å²) in [4.78, 5) is 15.8. The van der Waals surface area contributed by atoms with Gasteiger partial charge in [-0.1, -0.05) is 6.07 Å². The van der Waals surface area contributed by atoms with Crippen LogP contribution < -0.4 is 5.43 Å². The van der Waals surface area contributed by atoms with Crippen LogP contribution in [-0.2, 0) is 0 Å². The van der Waals surface area contributed by atoms with Crippen LogP contribution in [0.1, 0.15) is 62.1 Å². The summed E-state index contributed by atoms with van der Waals surface area (Å²) in [6, 6.07) is 8.12. The number of nitrogens with zero attached hydrogens (tertiary/aromatic N) is 1. The van der Waals surface area contributed by atoms with Crippen LogP contribution >= 0.6 is 0 Å². The van der Waals surface area contributed by atoms with Crippen LogP contribution in [0.2, 0.25) is 0 Å². The lowest BCUT2D eigenvalue weighted by Crippen LogP contribution is -2.38. The SMILES string of the molecule is N#Cc1cccc2[nH]c(C3CC(F)(F)CCC3C3CCC(F)(F)CC3)cc(=O)c12. The molecule has 2 aliphatic carbocycles. The van der Waals surface area contributed by atoms with Gasteiger partial charge in [0, 0.05) is 43.4 Å². The Balaban J connectivity index is 1.73. The third-order valence-electron chi connectivity index (χ3n) is 6.64. The number of fused-ring (bicyclic) bond motifs is 1. The van der Waals surface area contributed by atoms with E-state index >= 15 is 0 Å². The molecular formula is C22H22F4N2O. The molecule has 2 fully saturated rings. The molecule has 154 valence electrons. The smallest absolute Gasteiger partial charge is 0.248 e. The summed E-state index contributed by atoms with van der Waals surface area (Å²) in [5.74, 6) is -6.34. The molecule has 4 rings (SSSR count). The van der Waals surface area contributed by atoms with Gasteiger partial charge in [0.25, 0.3) is 0 Å². The molecule has 0 spiro atoms. The second-order valence-corrected chi connectivity index (χ2v) is 8.49. The number of H-pyrrole nitrogens is 1. The number of benzene rings is 1. The fourth-order valence-electron chi connectivity index (χ4n) is 5.17. The average molecular weight is 406 g/mol. The maximum atomic E-state index is 14.3. The van der Waals surface area contributed by atoms with Crippen molar-refractivity contribution in [2.75, 3.05) is 0 Å². The molecule has 7 heteroatoms. The van der Waals surface area contributed by atoms with Gasteiger partial charge in [-0.25, -0.2) is 17.6 Å². The van der Waals surface area contributed by atoms with E-state index in [-0.39, 0.29) is 53.9 Å². The van der Waals surface area contributed by atoms with Crippen LogP contribution in [0.25, 0.3) is 10.9 Å². The minimum Gasteiger partial charge on any atom is -0.358 e. The predicted molar refractivity (Wildman–Crippen MR) is 101 cm³/mol. The first kappa shape index (κ1) is 19.9. The zero-order valence-electron chi connectivity index (χ0n) is 15.9. The third kappa shape index (κ3) is 3.90. The highest BCUT2D eigenvalue weighted by molar-refractivity contribution is 5.84. The summed E-state index contributed by atoms with van der Waals surface area (Å²) in [6.07, 6.45) is -0.187. The van der Waals surface area contributed by atoms with E-state index in [2.05, 4.69) is 4.98 Å². The van der Waals surface area contributed by atoms with Crippen molar-refractivity contribution < 1.29 is 17.6 Å². The average Bonchev–Trinajstić information content (AvgIpc) is 2.67. The van der Waals surface area contributed by atoms with Gasteiger partial charge >= 0.3 is 0 Å². The van der Waals surface area contributed by atoms with Crippen LogP contribution in [0.15, 0.2) is 29.1 Å². The molecule has 2 atom stereocenters. The Morgan fingerprint density at radius 1 is 1.03 bits per heavy atom. The van der Waals surface area contributed by atoms with E-state index in [4.69, 9.17) is 0 Å². The monoisotopic (exact) mass is 406 g/mol. The maximum absolute atomic E-state index is 14.3. The van der Waals surface area contributed by atoms with Gasteiger partial charge in [-0.15, -0.1) is 0 Å². The normalized spacial score (nSPS) is 26.9. The van der Waals surface area contributed by atoms with Crippen LogP contribution in [0.5, 0.6) is 0 Å². The van der Waals surface area contributed by atoms with Crippen molar-refractivity contribution in [2.45, 2.75) is 62.7 Å².